The number of hydrogen-bond donors (Lipinski definition) is 2. The third-order valence-electron chi connectivity index (χ3n) is 3.01. The van der Waals surface area contributed by atoms with Crippen LogP contribution in [0.1, 0.15) is 30.9 Å². The molecule has 0 bridgehead atoms. The molecule has 0 amide bonds. The SMILES string of the molecule is CCCCOc1ccc(Cc2cnc(=S)[nH]c2N)cc1. The van der Waals surface area contributed by atoms with Gasteiger partial charge in [0.15, 0.2) is 4.77 Å². The van der Waals surface area contributed by atoms with E-state index in [1.807, 2.05) is 24.3 Å². The van der Waals surface area contributed by atoms with Gasteiger partial charge in [-0.2, -0.15) is 0 Å². The topological polar surface area (TPSA) is 63.9 Å². The Balaban J connectivity index is 2.01. The molecule has 5 heteroatoms. The molecule has 0 radical (unpaired) electrons. The fourth-order valence-corrected chi connectivity index (χ4v) is 2.00. The highest BCUT2D eigenvalue weighted by Gasteiger charge is 2.02. The van der Waals surface area contributed by atoms with E-state index in [2.05, 4.69) is 16.9 Å². The van der Waals surface area contributed by atoms with Gasteiger partial charge in [0.2, 0.25) is 0 Å². The van der Waals surface area contributed by atoms with E-state index in [0.29, 0.717) is 10.6 Å². The molecule has 0 aliphatic rings. The Morgan fingerprint density at radius 3 is 2.70 bits per heavy atom. The minimum Gasteiger partial charge on any atom is -0.494 e. The van der Waals surface area contributed by atoms with Crippen LogP contribution in [0.2, 0.25) is 0 Å². The molecule has 2 rings (SSSR count). The Morgan fingerprint density at radius 2 is 2.05 bits per heavy atom. The Kier molecular flexibility index (Phi) is 5.12. The van der Waals surface area contributed by atoms with E-state index >= 15 is 0 Å². The fourth-order valence-electron chi connectivity index (χ4n) is 1.83. The summed E-state index contributed by atoms with van der Waals surface area (Å²) in [5, 5.41) is 0. The Hall–Kier alpha value is -1.88. The summed E-state index contributed by atoms with van der Waals surface area (Å²) in [5.41, 5.74) is 8.00. The zero-order chi connectivity index (χ0) is 14.4. The zero-order valence-electron chi connectivity index (χ0n) is 11.6. The van der Waals surface area contributed by atoms with Crippen molar-refractivity contribution in [3.63, 3.8) is 0 Å². The van der Waals surface area contributed by atoms with Crippen molar-refractivity contribution in [3.8, 4) is 5.75 Å². The first-order valence-electron chi connectivity index (χ1n) is 6.74. The van der Waals surface area contributed by atoms with Crippen molar-refractivity contribution in [2.75, 3.05) is 12.3 Å². The highest BCUT2D eigenvalue weighted by atomic mass is 32.1. The van der Waals surface area contributed by atoms with Crippen LogP contribution in [0.4, 0.5) is 5.82 Å². The Labute approximate surface area is 124 Å². The van der Waals surface area contributed by atoms with Crippen molar-refractivity contribution in [1.82, 2.24) is 9.97 Å². The molecule has 0 aliphatic heterocycles. The number of unbranched alkanes of at least 4 members (excludes halogenated alkanes) is 1. The van der Waals surface area contributed by atoms with Crippen LogP contribution in [0, 0.1) is 4.77 Å². The number of benzene rings is 1. The molecule has 0 atom stereocenters. The maximum Gasteiger partial charge on any atom is 0.198 e. The normalized spacial score (nSPS) is 10.4. The van der Waals surface area contributed by atoms with Gasteiger partial charge < -0.3 is 15.5 Å². The third-order valence-corrected chi connectivity index (χ3v) is 3.22. The van der Waals surface area contributed by atoms with Crippen molar-refractivity contribution in [2.45, 2.75) is 26.2 Å². The molecule has 1 heterocycles. The molecule has 4 nitrogen and oxygen atoms in total. The number of ether oxygens (including phenoxy) is 1. The van der Waals surface area contributed by atoms with Crippen molar-refractivity contribution in [3.05, 3.63) is 46.4 Å². The predicted molar refractivity (Wildman–Crippen MR) is 83.5 cm³/mol. The van der Waals surface area contributed by atoms with Crippen molar-refractivity contribution < 1.29 is 4.74 Å². The number of nitrogens with zero attached hydrogens (tertiary/aromatic N) is 1. The quantitative estimate of drug-likeness (QED) is 0.631. The summed E-state index contributed by atoms with van der Waals surface area (Å²) in [6.07, 6.45) is 4.66. The number of nitrogens with one attached hydrogen (secondary N) is 1. The van der Waals surface area contributed by atoms with E-state index in [1.54, 1.807) is 6.20 Å². The lowest BCUT2D eigenvalue weighted by Crippen LogP contribution is -2.01. The van der Waals surface area contributed by atoms with E-state index in [0.717, 1.165) is 42.7 Å². The van der Waals surface area contributed by atoms with Crippen molar-refractivity contribution >= 4 is 18.0 Å². The smallest absolute Gasteiger partial charge is 0.198 e. The number of hydrogen-bond acceptors (Lipinski definition) is 4. The average Bonchev–Trinajstić information content (AvgIpc) is 2.44. The second-order valence-electron chi connectivity index (χ2n) is 4.65. The number of aromatic nitrogens is 2. The second kappa shape index (κ2) is 7.05. The number of rotatable bonds is 6. The van der Waals surface area contributed by atoms with Crippen LogP contribution < -0.4 is 10.5 Å². The highest BCUT2D eigenvalue weighted by Crippen LogP contribution is 2.17. The molecule has 0 aliphatic carbocycles. The van der Waals surface area contributed by atoms with Gasteiger partial charge in [0.05, 0.1) is 6.61 Å². The molecule has 0 fully saturated rings. The van der Waals surface area contributed by atoms with Crippen LogP contribution in [0.25, 0.3) is 0 Å². The minimum absolute atomic E-state index is 0.408. The summed E-state index contributed by atoms with van der Waals surface area (Å²) < 4.78 is 6.04. The first-order chi connectivity index (χ1) is 9.69. The van der Waals surface area contributed by atoms with E-state index in [-0.39, 0.29) is 0 Å². The number of aromatic amines is 1. The van der Waals surface area contributed by atoms with Gasteiger partial charge >= 0.3 is 0 Å². The van der Waals surface area contributed by atoms with E-state index in [4.69, 9.17) is 22.7 Å². The summed E-state index contributed by atoms with van der Waals surface area (Å²) in [5.74, 6) is 1.48. The van der Waals surface area contributed by atoms with E-state index in [9.17, 15) is 0 Å². The van der Waals surface area contributed by atoms with Crippen molar-refractivity contribution in [2.24, 2.45) is 0 Å². The van der Waals surface area contributed by atoms with E-state index < -0.39 is 0 Å². The molecule has 1 aromatic carbocycles. The molecule has 0 unspecified atom stereocenters. The van der Waals surface area contributed by atoms with Crippen LogP contribution in [0.15, 0.2) is 30.5 Å². The average molecular weight is 289 g/mol. The molecular formula is C15H19N3OS. The second-order valence-corrected chi connectivity index (χ2v) is 5.04. The first kappa shape index (κ1) is 14.5. The van der Waals surface area contributed by atoms with Crippen LogP contribution >= 0.6 is 12.2 Å². The fraction of sp³-hybridized carbons (Fsp3) is 0.333. The lowest BCUT2D eigenvalue weighted by atomic mass is 10.1. The Morgan fingerprint density at radius 1 is 1.30 bits per heavy atom. The third kappa shape index (κ3) is 4.06. The number of nitrogen functional groups attached to an aromatic ring is 1. The van der Waals surface area contributed by atoms with Gasteiger partial charge in [-0.1, -0.05) is 25.5 Å². The van der Waals surface area contributed by atoms with Gasteiger partial charge in [0.1, 0.15) is 11.6 Å². The van der Waals surface area contributed by atoms with Crippen LogP contribution in [0.3, 0.4) is 0 Å². The Bertz CT molecular complexity index is 607. The monoisotopic (exact) mass is 289 g/mol. The molecule has 1 aromatic heterocycles. The molecule has 2 aromatic rings. The molecule has 0 saturated heterocycles. The molecular weight excluding hydrogens is 270 g/mol. The summed E-state index contributed by atoms with van der Waals surface area (Å²) in [6.45, 7) is 2.91. The molecule has 0 spiro atoms. The van der Waals surface area contributed by atoms with Crippen LogP contribution in [0.5, 0.6) is 5.75 Å². The lowest BCUT2D eigenvalue weighted by molar-refractivity contribution is 0.309. The van der Waals surface area contributed by atoms with Crippen LogP contribution in [-0.4, -0.2) is 16.6 Å². The van der Waals surface area contributed by atoms with Gasteiger partial charge in [-0.05, 0) is 36.3 Å². The van der Waals surface area contributed by atoms with Gasteiger partial charge in [-0.25, -0.2) is 4.98 Å². The van der Waals surface area contributed by atoms with Gasteiger partial charge in [-0.15, -0.1) is 0 Å². The number of nitrogens with two attached hydrogens (primary N) is 1. The molecule has 20 heavy (non-hydrogen) atoms. The first-order valence-corrected chi connectivity index (χ1v) is 7.15. The molecule has 106 valence electrons. The van der Waals surface area contributed by atoms with Gasteiger partial charge in [0, 0.05) is 18.2 Å². The minimum atomic E-state index is 0.408. The van der Waals surface area contributed by atoms with Crippen LogP contribution in [-0.2, 0) is 6.42 Å². The number of H-pyrrole nitrogens is 1. The maximum atomic E-state index is 5.89. The summed E-state index contributed by atoms with van der Waals surface area (Å²) in [6, 6.07) is 8.06. The summed E-state index contributed by atoms with van der Waals surface area (Å²) >= 11 is 4.93. The largest absolute Gasteiger partial charge is 0.494 e. The standard InChI is InChI=1S/C15H19N3OS/c1-2-3-8-19-13-6-4-11(5-7-13)9-12-10-17-15(20)18-14(12)16/h4-7,10H,2-3,8-9H2,1H3,(H3,16,17,18,20). The predicted octanol–water partition coefficient (Wildman–Crippen LogP) is 3.49. The van der Waals surface area contributed by atoms with Crippen molar-refractivity contribution in [1.29, 1.82) is 0 Å². The highest BCUT2D eigenvalue weighted by molar-refractivity contribution is 7.71. The molecule has 3 N–H and O–H groups in total. The lowest BCUT2D eigenvalue weighted by Gasteiger charge is -2.08. The summed E-state index contributed by atoms with van der Waals surface area (Å²) in [4.78, 5) is 6.92. The molecule has 0 saturated carbocycles. The maximum absolute atomic E-state index is 5.89. The zero-order valence-corrected chi connectivity index (χ0v) is 12.4. The van der Waals surface area contributed by atoms with Gasteiger partial charge in [-0.3, -0.25) is 0 Å². The van der Waals surface area contributed by atoms with Gasteiger partial charge in [0.25, 0.3) is 0 Å². The van der Waals surface area contributed by atoms with E-state index in [1.165, 1.54) is 0 Å². The number of anilines is 1. The summed E-state index contributed by atoms with van der Waals surface area (Å²) in [7, 11) is 0.